The largest absolute Gasteiger partial charge is 0.351 e. The molecule has 90 valence electrons. The lowest BCUT2D eigenvalue weighted by atomic mass is 10.2. The molecule has 0 aliphatic rings. The molecule has 1 aromatic heterocycles. The first-order chi connectivity index (χ1) is 8.24. The van der Waals surface area contributed by atoms with Crippen molar-refractivity contribution in [2.75, 3.05) is 12.4 Å². The summed E-state index contributed by atoms with van der Waals surface area (Å²) in [7, 11) is 0. The molecule has 0 fully saturated rings. The molecule has 0 spiro atoms. The second kappa shape index (κ2) is 5.71. The van der Waals surface area contributed by atoms with Crippen molar-refractivity contribution < 1.29 is 4.79 Å². The van der Waals surface area contributed by atoms with Crippen LogP contribution in [0.5, 0.6) is 0 Å². The van der Waals surface area contributed by atoms with Crippen molar-refractivity contribution >= 4 is 50.5 Å². The first-order valence-corrected chi connectivity index (χ1v) is 6.98. The normalized spacial score (nSPS) is 10.7. The van der Waals surface area contributed by atoms with E-state index in [9.17, 15) is 4.79 Å². The minimum atomic E-state index is -0.124. The number of nitrogens with one attached hydrogen (secondary N) is 1. The van der Waals surface area contributed by atoms with E-state index in [0.29, 0.717) is 22.3 Å². The Balaban J connectivity index is 2.23. The van der Waals surface area contributed by atoms with Crippen molar-refractivity contribution in [3.63, 3.8) is 0 Å². The lowest BCUT2D eigenvalue weighted by Gasteiger charge is -2.01. The van der Waals surface area contributed by atoms with Gasteiger partial charge in [-0.15, -0.1) is 22.9 Å². The van der Waals surface area contributed by atoms with Crippen molar-refractivity contribution in [1.29, 1.82) is 0 Å². The van der Waals surface area contributed by atoms with Gasteiger partial charge in [-0.2, -0.15) is 0 Å². The van der Waals surface area contributed by atoms with Crippen LogP contribution in [-0.4, -0.2) is 18.3 Å². The molecule has 0 saturated carbocycles. The van der Waals surface area contributed by atoms with Crippen LogP contribution in [0.25, 0.3) is 10.1 Å². The first kappa shape index (κ1) is 12.7. The standard InChI is InChI=1S/C12H11Cl2NOS/c13-6-3-7-15-12(16)11-10(14)8-4-1-2-5-9(8)17-11/h1-2,4-5H,3,6-7H2,(H,15,16). The third-order valence-corrected chi connectivity index (χ3v) is 4.28. The lowest BCUT2D eigenvalue weighted by molar-refractivity contribution is 0.0958. The second-order valence-electron chi connectivity index (χ2n) is 3.54. The van der Waals surface area contributed by atoms with E-state index in [1.54, 1.807) is 0 Å². The maximum Gasteiger partial charge on any atom is 0.262 e. The van der Waals surface area contributed by atoms with Crippen LogP contribution in [0.2, 0.25) is 5.02 Å². The molecule has 0 atom stereocenters. The van der Waals surface area contributed by atoms with Gasteiger partial charge < -0.3 is 5.32 Å². The number of rotatable bonds is 4. The van der Waals surface area contributed by atoms with E-state index in [1.807, 2.05) is 24.3 Å². The number of carbonyl (C=O) groups is 1. The zero-order valence-corrected chi connectivity index (χ0v) is 11.3. The van der Waals surface area contributed by atoms with Crippen molar-refractivity contribution in [3.8, 4) is 0 Å². The van der Waals surface area contributed by atoms with Gasteiger partial charge in [-0.3, -0.25) is 4.79 Å². The maximum absolute atomic E-state index is 11.9. The molecule has 0 unspecified atom stereocenters. The molecule has 2 rings (SSSR count). The Hall–Kier alpha value is -0.770. The van der Waals surface area contributed by atoms with Crippen molar-refractivity contribution in [1.82, 2.24) is 5.32 Å². The highest BCUT2D eigenvalue weighted by Crippen LogP contribution is 2.34. The van der Waals surface area contributed by atoms with Crippen LogP contribution < -0.4 is 5.32 Å². The zero-order valence-electron chi connectivity index (χ0n) is 9.00. The zero-order chi connectivity index (χ0) is 12.3. The molecule has 0 radical (unpaired) electrons. The summed E-state index contributed by atoms with van der Waals surface area (Å²) in [4.78, 5) is 12.5. The van der Waals surface area contributed by atoms with Gasteiger partial charge >= 0.3 is 0 Å². The molecular weight excluding hydrogens is 277 g/mol. The third kappa shape index (κ3) is 2.73. The van der Waals surface area contributed by atoms with Gasteiger partial charge in [0.2, 0.25) is 0 Å². The van der Waals surface area contributed by atoms with Gasteiger partial charge in [0, 0.05) is 22.5 Å². The van der Waals surface area contributed by atoms with E-state index in [4.69, 9.17) is 23.2 Å². The predicted octanol–water partition coefficient (Wildman–Crippen LogP) is 3.91. The van der Waals surface area contributed by atoms with E-state index in [0.717, 1.165) is 16.5 Å². The van der Waals surface area contributed by atoms with Crippen LogP contribution in [0.1, 0.15) is 16.1 Å². The van der Waals surface area contributed by atoms with Crippen molar-refractivity contribution in [2.24, 2.45) is 0 Å². The maximum atomic E-state index is 11.9. The predicted molar refractivity (Wildman–Crippen MR) is 74.5 cm³/mol. The molecule has 2 aromatic rings. The molecule has 1 amide bonds. The molecule has 2 nitrogen and oxygen atoms in total. The second-order valence-corrected chi connectivity index (χ2v) is 5.35. The first-order valence-electron chi connectivity index (χ1n) is 5.25. The minimum Gasteiger partial charge on any atom is -0.351 e. The van der Waals surface area contributed by atoms with Crippen molar-refractivity contribution in [3.05, 3.63) is 34.2 Å². The summed E-state index contributed by atoms with van der Waals surface area (Å²) in [5.74, 6) is 0.418. The monoisotopic (exact) mass is 287 g/mol. The van der Waals surface area contributed by atoms with Crippen LogP contribution >= 0.6 is 34.5 Å². The molecule has 5 heteroatoms. The summed E-state index contributed by atoms with van der Waals surface area (Å²) >= 11 is 13.2. The van der Waals surface area contributed by atoms with E-state index in [-0.39, 0.29) is 5.91 Å². The van der Waals surface area contributed by atoms with E-state index in [2.05, 4.69) is 5.32 Å². The van der Waals surface area contributed by atoms with E-state index in [1.165, 1.54) is 11.3 Å². The van der Waals surface area contributed by atoms with Crippen LogP contribution in [0.3, 0.4) is 0 Å². The fourth-order valence-electron chi connectivity index (χ4n) is 1.51. The van der Waals surface area contributed by atoms with Gasteiger partial charge in [0.15, 0.2) is 0 Å². The Kier molecular flexibility index (Phi) is 4.26. The van der Waals surface area contributed by atoms with Crippen LogP contribution in [0.4, 0.5) is 0 Å². The summed E-state index contributed by atoms with van der Waals surface area (Å²) in [5, 5.41) is 4.27. The Bertz CT molecular complexity index is 538. The van der Waals surface area contributed by atoms with Gasteiger partial charge in [0.25, 0.3) is 5.91 Å². The number of halogens is 2. The Labute approximate surface area is 114 Å². The number of hydrogen-bond acceptors (Lipinski definition) is 2. The molecule has 0 aliphatic carbocycles. The summed E-state index contributed by atoms with van der Waals surface area (Å²) in [6, 6.07) is 7.73. The quantitative estimate of drug-likeness (QED) is 0.670. The van der Waals surface area contributed by atoms with Crippen LogP contribution in [0, 0.1) is 0 Å². The van der Waals surface area contributed by atoms with Gasteiger partial charge in [-0.25, -0.2) is 0 Å². The molecule has 1 aromatic carbocycles. The van der Waals surface area contributed by atoms with Gasteiger partial charge in [-0.05, 0) is 12.5 Å². The lowest BCUT2D eigenvalue weighted by Crippen LogP contribution is -2.23. The number of fused-ring (bicyclic) bond motifs is 1. The third-order valence-electron chi connectivity index (χ3n) is 2.34. The number of carbonyl (C=O) groups excluding carboxylic acids is 1. The minimum absolute atomic E-state index is 0.124. The SMILES string of the molecule is O=C(NCCCCl)c1sc2ccccc2c1Cl. The smallest absolute Gasteiger partial charge is 0.262 e. The highest BCUT2D eigenvalue weighted by molar-refractivity contribution is 7.21. The number of benzene rings is 1. The average molecular weight is 288 g/mol. The Morgan fingerprint density at radius 3 is 2.82 bits per heavy atom. The molecule has 1 N–H and O–H groups in total. The van der Waals surface area contributed by atoms with E-state index < -0.39 is 0 Å². The summed E-state index contributed by atoms with van der Waals surface area (Å²) < 4.78 is 1.03. The molecule has 0 bridgehead atoms. The van der Waals surface area contributed by atoms with Crippen LogP contribution in [0.15, 0.2) is 24.3 Å². The molecule has 0 saturated heterocycles. The Morgan fingerprint density at radius 2 is 2.12 bits per heavy atom. The fraction of sp³-hybridized carbons (Fsp3) is 0.250. The van der Waals surface area contributed by atoms with Gasteiger partial charge in [0.1, 0.15) is 4.88 Å². The summed E-state index contributed by atoms with van der Waals surface area (Å²) in [6.07, 6.45) is 0.760. The molecule has 0 aliphatic heterocycles. The number of thiophene rings is 1. The number of alkyl halides is 1. The molecular formula is C12H11Cl2NOS. The number of amides is 1. The topological polar surface area (TPSA) is 29.1 Å². The van der Waals surface area contributed by atoms with E-state index >= 15 is 0 Å². The van der Waals surface area contributed by atoms with Gasteiger partial charge in [0.05, 0.1) is 5.02 Å². The Morgan fingerprint density at radius 1 is 1.35 bits per heavy atom. The highest BCUT2D eigenvalue weighted by atomic mass is 35.5. The average Bonchev–Trinajstić information content (AvgIpc) is 2.68. The van der Waals surface area contributed by atoms with Crippen molar-refractivity contribution in [2.45, 2.75) is 6.42 Å². The summed E-state index contributed by atoms with van der Waals surface area (Å²) in [6.45, 7) is 0.576. The molecule has 1 heterocycles. The molecule has 17 heavy (non-hydrogen) atoms. The number of hydrogen-bond donors (Lipinski definition) is 1. The van der Waals surface area contributed by atoms with Gasteiger partial charge in [-0.1, -0.05) is 29.8 Å². The van der Waals surface area contributed by atoms with Crippen LogP contribution in [-0.2, 0) is 0 Å². The fourth-order valence-corrected chi connectivity index (χ4v) is 3.08. The summed E-state index contributed by atoms with van der Waals surface area (Å²) in [5.41, 5.74) is 0. The highest BCUT2D eigenvalue weighted by Gasteiger charge is 2.15.